The molecule has 0 spiro atoms. The maximum absolute atomic E-state index is 12.3. The van der Waals surface area contributed by atoms with E-state index in [1.54, 1.807) is 13.8 Å². The Morgan fingerprint density at radius 2 is 2.09 bits per heavy atom. The average Bonchev–Trinajstić information content (AvgIpc) is 2.49. The Bertz CT molecular complexity index is 608. The highest BCUT2D eigenvalue weighted by Gasteiger charge is 2.20. The number of anilines is 1. The van der Waals surface area contributed by atoms with E-state index in [0.717, 1.165) is 0 Å². The minimum absolute atomic E-state index is 0.110. The second kappa shape index (κ2) is 9.59. The third-order valence-corrected chi connectivity index (χ3v) is 4.38. The van der Waals surface area contributed by atoms with E-state index in [9.17, 15) is 14.5 Å². The van der Waals surface area contributed by atoms with Gasteiger partial charge in [-0.3, -0.25) is 9.13 Å². The largest absolute Gasteiger partial charge is 0.393 e. The van der Waals surface area contributed by atoms with Crippen molar-refractivity contribution in [3.63, 3.8) is 0 Å². The molecule has 0 fully saturated rings. The molecule has 9 nitrogen and oxygen atoms in total. The summed E-state index contributed by atoms with van der Waals surface area (Å²) >= 11 is 0. The third-order valence-electron chi connectivity index (χ3n) is 2.60. The molecule has 1 heterocycles. The second-order valence-corrected chi connectivity index (χ2v) is 6.23. The molecule has 0 aliphatic rings. The summed E-state index contributed by atoms with van der Waals surface area (Å²) in [6, 6.07) is 1.45. The van der Waals surface area contributed by atoms with Gasteiger partial charge in [-0.15, -0.1) is 0 Å². The molecule has 23 heavy (non-hydrogen) atoms. The van der Waals surface area contributed by atoms with Gasteiger partial charge in [0.25, 0.3) is 0 Å². The minimum atomic E-state index is -3.37. The highest BCUT2D eigenvalue weighted by molar-refractivity contribution is 7.57. The van der Waals surface area contributed by atoms with Gasteiger partial charge in [0.1, 0.15) is 18.7 Å². The summed E-state index contributed by atoms with van der Waals surface area (Å²) < 4.78 is 29.0. The van der Waals surface area contributed by atoms with Crippen LogP contribution < -0.4 is 11.4 Å². The van der Waals surface area contributed by atoms with Crippen LogP contribution in [0.1, 0.15) is 13.8 Å². The first kappa shape index (κ1) is 19.5. The van der Waals surface area contributed by atoms with Crippen molar-refractivity contribution in [1.82, 2.24) is 9.55 Å². The smallest absolute Gasteiger partial charge is 0.353 e. The van der Waals surface area contributed by atoms with Gasteiger partial charge in [-0.2, -0.15) is 4.98 Å². The van der Waals surface area contributed by atoms with E-state index >= 15 is 0 Å². The Kier molecular flexibility index (Phi) is 8.15. The van der Waals surface area contributed by atoms with Crippen LogP contribution >= 0.6 is 7.60 Å². The summed E-state index contributed by atoms with van der Waals surface area (Å²) in [5.74, 6) is 1.35. The Labute approximate surface area is 134 Å². The summed E-state index contributed by atoms with van der Waals surface area (Å²) in [4.78, 5) is 15.1. The maximum Gasteiger partial charge on any atom is 0.353 e. The van der Waals surface area contributed by atoms with Gasteiger partial charge < -0.3 is 24.6 Å². The van der Waals surface area contributed by atoms with E-state index in [0.29, 0.717) is 0 Å². The molecular weight excluding hydrogens is 325 g/mol. The number of nitrogen functional groups attached to an aromatic ring is 1. The highest BCUT2D eigenvalue weighted by Crippen LogP contribution is 2.49. The van der Waals surface area contributed by atoms with Gasteiger partial charge in [0, 0.05) is 12.0 Å². The molecule has 1 atom stereocenters. The van der Waals surface area contributed by atoms with Gasteiger partial charge in [-0.1, -0.05) is 0 Å². The first-order valence-electron chi connectivity index (χ1n) is 7.07. The zero-order valence-electron chi connectivity index (χ0n) is 13.1. The zero-order chi connectivity index (χ0) is 17.3. The first-order chi connectivity index (χ1) is 10.9. The summed E-state index contributed by atoms with van der Waals surface area (Å²) in [6.07, 6.45) is 2.02. The summed E-state index contributed by atoms with van der Waals surface area (Å²) in [6.45, 7) is 3.32. The van der Waals surface area contributed by atoms with Gasteiger partial charge in [0.05, 0.1) is 19.8 Å². The number of nitrogens with two attached hydrogens (primary N) is 1. The highest BCUT2D eigenvalue weighted by atomic mass is 31.2. The number of aliphatic hydroxyl groups is 1. The lowest BCUT2D eigenvalue weighted by Crippen LogP contribution is -2.27. The van der Waals surface area contributed by atoms with Gasteiger partial charge in [-0.05, 0) is 26.0 Å². The van der Waals surface area contributed by atoms with Crippen LogP contribution in [-0.2, 0) is 25.1 Å². The number of hydrogen-bond donors (Lipinski definition) is 2. The fraction of sp³-hybridized carbons (Fsp3) is 0.538. The molecule has 1 unspecified atom stereocenters. The fourth-order valence-electron chi connectivity index (χ4n) is 1.57. The Balaban J connectivity index is 2.71. The van der Waals surface area contributed by atoms with E-state index < -0.39 is 19.4 Å². The summed E-state index contributed by atoms with van der Waals surface area (Å²) in [7, 11) is -3.37. The first-order valence-corrected chi connectivity index (χ1v) is 8.68. The van der Waals surface area contributed by atoms with Crippen molar-refractivity contribution in [1.29, 1.82) is 0 Å². The van der Waals surface area contributed by atoms with E-state index in [1.807, 2.05) is 0 Å². The lowest BCUT2D eigenvalue weighted by atomic mass is 10.4. The zero-order valence-corrected chi connectivity index (χ0v) is 14.0. The molecule has 0 radical (unpaired) electrons. The predicted octanol–water partition coefficient (Wildman–Crippen LogP) is 0.940. The van der Waals surface area contributed by atoms with E-state index in [-0.39, 0.29) is 32.4 Å². The molecule has 0 aromatic carbocycles. The molecular formula is C13H22N3O6P. The number of ether oxygens (including phenoxy) is 1. The number of aliphatic hydroxyl groups excluding tert-OH is 1. The number of hydrogen-bond acceptors (Lipinski definition) is 8. The van der Waals surface area contributed by atoms with Crippen LogP contribution in [0.5, 0.6) is 0 Å². The Morgan fingerprint density at radius 3 is 2.61 bits per heavy atom. The van der Waals surface area contributed by atoms with Crippen LogP contribution in [0.25, 0.3) is 0 Å². The average molecular weight is 347 g/mol. The van der Waals surface area contributed by atoms with Crippen molar-refractivity contribution < 1.29 is 23.5 Å². The molecule has 1 aromatic heterocycles. The third kappa shape index (κ3) is 6.64. The van der Waals surface area contributed by atoms with Crippen molar-refractivity contribution >= 4 is 13.4 Å². The van der Waals surface area contributed by atoms with Crippen molar-refractivity contribution in [2.45, 2.75) is 26.7 Å². The van der Waals surface area contributed by atoms with Gasteiger partial charge in [0.2, 0.25) is 0 Å². The second-order valence-electron chi connectivity index (χ2n) is 4.34. The SMILES string of the molecule is CCOP(=O)(/C=C/C(CO)OCn1ccc(N)nc1=O)OCC. The van der Waals surface area contributed by atoms with Crippen LogP contribution in [0.3, 0.4) is 0 Å². The normalized spacial score (nSPS) is 13.5. The Morgan fingerprint density at radius 1 is 1.43 bits per heavy atom. The number of aromatic nitrogens is 2. The molecule has 10 heteroatoms. The summed E-state index contributed by atoms with van der Waals surface area (Å²) in [5.41, 5.74) is 4.82. The van der Waals surface area contributed by atoms with Gasteiger partial charge in [-0.25, -0.2) is 4.79 Å². The van der Waals surface area contributed by atoms with Crippen LogP contribution in [0.4, 0.5) is 5.82 Å². The van der Waals surface area contributed by atoms with Crippen molar-refractivity contribution in [3.8, 4) is 0 Å². The van der Waals surface area contributed by atoms with Crippen molar-refractivity contribution in [2.24, 2.45) is 0 Å². The van der Waals surface area contributed by atoms with Crippen LogP contribution in [-0.4, -0.2) is 40.6 Å². The molecule has 0 saturated carbocycles. The van der Waals surface area contributed by atoms with E-state index in [2.05, 4.69) is 4.98 Å². The quantitative estimate of drug-likeness (QED) is 0.599. The lowest BCUT2D eigenvalue weighted by molar-refractivity contribution is 0.00126. The van der Waals surface area contributed by atoms with Crippen LogP contribution in [0.2, 0.25) is 0 Å². The number of rotatable bonds is 10. The molecule has 0 amide bonds. The Hall–Kier alpha value is -1.51. The standard InChI is InChI=1S/C13H22N3O6P/c1-3-21-23(19,22-4-2)8-6-11(9-17)20-10-16-7-5-12(14)15-13(16)18/h5-8,11,17H,3-4,9-10H2,1-2H3,(H2,14,15,18)/b8-6+. The molecule has 0 saturated heterocycles. The van der Waals surface area contributed by atoms with E-state index in [4.69, 9.17) is 19.5 Å². The molecule has 130 valence electrons. The molecule has 1 aromatic rings. The van der Waals surface area contributed by atoms with Crippen molar-refractivity contribution in [2.75, 3.05) is 25.6 Å². The van der Waals surface area contributed by atoms with Gasteiger partial charge >= 0.3 is 13.3 Å². The fourth-order valence-corrected chi connectivity index (χ4v) is 2.94. The minimum Gasteiger partial charge on any atom is -0.393 e. The van der Waals surface area contributed by atoms with Crippen molar-refractivity contribution in [3.05, 3.63) is 34.6 Å². The summed E-state index contributed by atoms with van der Waals surface area (Å²) in [5, 5.41) is 9.30. The maximum atomic E-state index is 12.3. The molecule has 0 bridgehead atoms. The molecule has 3 N–H and O–H groups in total. The molecule has 1 rings (SSSR count). The van der Waals surface area contributed by atoms with Gasteiger partial charge in [0.15, 0.2) is 0 Å². The van der Waals surface area contributed by atoms with E-state index in [1.165, 1.54) is 28.7 Å². The lowest BCUT2D eigenvalue weighted by Gasteiger charge is -2.15. The van der Waals surface area contributed by atoms with Crippen LogP contribution in [0.15, 0.2) is 29.0 Å². The predicted molar refractivity (Wildman–Crippen MR) is 84.9 cm³/mol. The van der Waals surface area contributed by atoms with Crippen LogP contribution in [0, 0.1) is 0 Å². The molecule has 0 aliphatic carbocycles. The molecule has 0 aliphatic heterocycles. The number of nitrogens with zero attached hydrogens (tertiary/aromatic N) is 2. The topological polar surface area (TPSA) is 126 Å². The monoisotopic (exact) mass is 347 g/mol.